The molecule has 1 fully saturated rings. The second-order valence-corrected chi connectivity index (χ2v) is 7.46. The van der Waals surface area contributed by atoms with Gasteiger partial charge >= 0.3 is 5.97 Å². The number of carbonyl (C=O) groups is 1. The summed E-state index contributed by atoms with van der Waals surface area (Å²) in [6.45, 7) is 13.2. The molecule has 0 amide bonds. The molecule has 0 aliphatic heterocycles. The Hall–Kier alpha value is -0.180. The molecule has 0 saturated heterocycles. The first kappa shape index (κ1) is 15.9. The molecule has 3 atom stereocenters. The van der Waals surface area contributed by atoms with Crippen LogP contribution in [0.5, 0.6) is 0 Å². The Balaban J connectivity index is 2.91. The van der Waals surface area contributed by atoms with Gasteiger partial charge in [-0.25, -0.2) is 0 Å². The molecule has 0 N–H and O–H groups in total. The number of rotatable bonds is 4. The molecule has 0 heterocycles. The van der Waals surface area contributed by atoms with Crippen molar-refractivity contribution in [3.8, 4) is 0 Å². The molecule has 2 unspecified atom stereocenters. The molecule has 0 spiro atoms. The largest absolute Gasteiger partial charge is 0.391 e. The maximum Gasteiger partial charge on any atom is 0.314 e. The Morgan fingerprint density at radius 1 is 1.33 bits per heavy atom. The summed E-state index contributed by atoms with van der Waals surface area (Å²) in [5.41, 5.74) is 0.526. The van der Waals surface area contributed by atoms with Gasteiger partial charge in [0.25, 0.3) is 0 Å². The van der Waals surface area contributed by atoms with Crippen LogP contribution >= 0.6 is 12.0 Å². The molecule has 0 aromatic rings. The highest BCUT2D eigenvalue weighted by molar-refractivity contribution is 7.95. The molecular weight excluding hydrogens is 244 g/mol. The molecule has 0 aromatic carbocycles. The van der Waals surface area contributed by atoms with E-state index >= 15 is 0 Å². The quantitative estimate of drug-likeness (QED) is 0.686. The summed E-state index contributed by atoms with van der Waals surface area (Å²) in [5, 5.41) is 0.424. The maximum atomic E-state index is 11.0. The lowest BCUT2D eigenvalue weighted by atomic mass is 9.53. The van der Waals surface area contributed by atoms with Crippen molar-refractivity contribution < 1.29 is 8.98 Å². The van der Waals surface area contributed by atoms with Crippen LogP contribution in [-0.2, 0) is 8.98 Å². The summed E-state index contributed by atoms with van der Waals surface area (Å²) >= 11 is 1.41. The fraction of sp³-hybridized carbons (Fsp3) is 0.933. The molecule has 18 heavy (non-hydrogen) atoms. The highest BCUT2D eigenvalue weighted by atomic mass is 32.2. The fourth-order valence-electron chi connectivity index (χ4n) is 3.34. The van der Waals surface area contributed by atoms with Gasteiger partial charge in [-0.15, -0.1) is 0 Å². The van der Waals surface area contributed by atoms with Crippen molar-refractivity contribution in [1.82, 2.24) is 0 Å². The van der Waals surface area contributed by atoms with E-state index in [1.165, 1.54) is 38.2 Å². The van der Waals surface area contributed by atoms with E-state index in [2.05, 4.69) is 34.6 Å². The molecule has 1 aliphatic rings. The molecule has 3 heteroatoms. The van der Waals surface area contributed by atoms with Crippen LogP contribution in [0.4, 0.5) is 0 Å². The number of hydrogen-bond acceptors (Lipinski definition) is 3. The molecule has 0 aromatic heterocycles. The van der Waals surface area contributed by atoms with Crippen molar-refractivity contribution in [2.24, 2.45) is 16.7 Å². The first-order valence-corrected chi connectivity index (χ1v) is 7.90. The Labute approximate surface area is 116 Å². The second kappa shape index (κ2) is 5.85. The summed E-state index contributed by atoms with van der Waals surface area (Å²) < 4.78 is 5.23. The minimum Gasteiger partial charge on any atom is -0.391 e. The summed E-state index contributed by atoms with van der Waals surface area (Å²) in [5.74, 6) is 0.540. The van der Waals surface area contributed by atoms with Gasteiger partial charge in [0.05, 0.1) is 12.0 Å². The zero-order chi connectivity index (χ0) is 14.0. The van der Waals surface area contributed by atoms with E-state index in [9.17, 15) is 4.79 Å². The van der Waals surface area contributed by atoms with Crippen LogP contribution in [0.25, 0.3) is 0 Å². The van der Waals surface area contributed by atoms with E-state index in [1.807, 2.05) is 0 Å². The highest BCUT2D eigenvalue weighted by Crippen LogP contribution is 2.58. The monoisotopic (exact) mass is 272 g/mol. The Morgan fingerprint density at radius 3 is 2.44 bits per heavy atom. The lowest BCUT2D eigenvalue weighted by molar-refractivity contribution is -0.130. The smallest absolute Gasteiger partial charge is 0.314 e. The molecule has 0 bridgehead atoms. The van der Waals surface area contributed by atoms with Gasteiger partial charge in [0.2, 0.25) is 0 Å². The van der Waals surface area contributed by atoms with Gasteiger partial charge in [-0.05, 0) is 36.0 Å². The Morgan fingerprint density at radius 2 is 1.94 bits per heavy atom. The van der Waals surface area contributed by atoms with E-state index in [0.29, 0.717) is 10.7 Å². The molecule has 1 aliphatic carbocycles. The second-order valence-electron chi connectivity index (χ2n) is 6.53. The highest BCUT2D eigenvalue weighted by Gasteiger charge is 2.52. The lowest BCUT2D eigenvalue weighted by Crippen LogP contribution is -2.50. The van der Waals surface area contributed by atoms with Crippen LogP contribution in [0.2, 0.25) is 0 Å². The van der Waals surface area contributed by atoms with Gasteiger partial charge in [0, 0.05) is 12.2 Å². The first-order valence-electron chi connectivity index (χ1n) is 7.09. The maximum absolute atomic E-state index is 11.0. The van der Waals surface area contributed by atoms with E-state index in [1.54, 1.807) is 0 Å². The summed E-state index contributed by atoms with van der Waals surface area (Å²) in [7, 11) is 0. The average Bonchev–Trinajstić information content (AvgIpc) is 2.26. The lowest BCUT2D eigenvalue weighted by Gasteiger charge is -2.55. The van der Waals surface area contributed by atoms with Crippen molar-refractivity contribution >= 4 is 18.0 Å². The van der Waals surface area contributed by atoms with Crippen molar-refractivity contribution in [2.45, 2.75) is 72.5 Å². The van der Waals surface area contributed by atoms with Gasteiger partial charge in [-0.1, -0.05) is 41.0 Å². The van der Waals surface area contributed by atoms with Crippen LogP contribution in [0, 0.1) is 16.7 Å². The molecular formula is C15H28O2S. The van der Waals surface area contributed by atoms with Crippen LogP contribution in [0.15, 0.2) is 0 Å². The summed E-state index contributed by atoms with van der Waals surface area (Å²) in [6, 6.07) is 0. The summed E-state index contributed by atoms with van der Waals surface area (Å²) in [6.07, 6.45) is 4.76. The van der Waals surface area contributed by atoms with Crippen LogP contribution in [-0.4, -0.2) is 11.2 Å². The predicted octanol–water partition coefficient (Wildman–Crippen LogP) is 4.83. The van der Waals surface area contributed by atoms with Crippen LogP contribution in [0.1, 0.15) is 67.2 Å². The molecule has 1 rings (SSSR count). The average molecular weight is 272 g/mol. The topological polar surface area (TPSA) is 26.3 Å². The molecule has 1 saturated carbocycles. The zero-order valence-corrected chi connectivity index (χ0v) is 13.5. The van der Waals surface area contributed by atoms with E-state index in [-0.39, 0.29) is 11.4 Å². The standard InChI is InChI=1S/C15H28O2S/c1-7-10-15(6)13(18-17-12(3)16)9-8-11(2)14(15,4)5/h11,13H,7-10H2,1-6H3/t11?,13-,15?/m1/s1. The first-order chi connectivity index (χ1) is 8.25. The van der Waals surface area contributed by atoms with E-state index < -0.39 is 0 Å². The van der Waals surface area contributed by atoms with Gasteiger partial charge < -0.3 is 4.18 Å². The summed E-state index contributed by atoms with van der Waals surface area (Å²) in [4.78, 5) is 11.0. The Kier molecular flexibility index (Phi) is 5.16. The molecule has 106 valence electrons. The predicted molar refractivity (Wildman–Crippen MR) is 78.3 cm³/mol. The van der Waals surface area contributed by atoms with Crippen LogP contribution in [0.3, 0.4) is 0 Å². The van der Waals surface area contributed by atoms with Gasteiger partial charge in [-0.3, -0.25) is 4.79 Å². The minimum absolute atomic E-state index is 0.185. The Bertz CT molecular complexity index is 301. The molecule has 0 radical (unpaired) electrons. The number of carbonyl (C=O) groups excluding carboxylic acids is 1. The van der Waals surface area contributed by atoms with Gasteiger partial charge in [-0.2, -0.15) is 0 Å². The van der Waals surface area contributed by atoms with Gasteiger partial charge in [0.1, 0.15) is 0 Å². The van der Waals surface area contributed by atoms with Crippen LogP contribution < -0.4 is 0 Å². The third-order valence-corrected chi connectivity index (χ3v) is 6.65. The molecule has 2 nitrogen and oxygen atoms in total. The third kappa shape index (κ3) is 2.87. The fourth-order valence-corrected chi connectivity index (χ4v) is 4.46. The van der Waals surface area contributed by atoms with Gasteiger partial charge in [0.15, 0.2) is 0 Å². The van der Waals surface area contributed by atoms with Crippen molar-refractivity contribution in [3.63, 3.8) is 0 Å². The van der Waals surface area contributed by atoms with Crippen molar-refractivity contribution in [2.75, 3.05) is 0 Å². The van der Waals surface area contributed by atoms with Crippen molar-refractivity contribution in [3.05, 3.63) is 0 Å². The number of hydrogen-bond donors (Lipinski definition) is 0. The van der Waals surface area contributed by atoms with E-state index in [4.69, 9.17) is 4.18 Å². The van der Waals surface area contributed by atoms with E-state index in [0.717, 1.165) is 12.3 Å². The SMILES string of the molecule is CCCC1(C)[C@H](SOC(C)=O)CCC(C)C1(C)C. The minimum atomic E-state index is -0.185. The third-order valence-electron chi connectivity index (χ3n) is 5.33. The normalized spacial score (nSPS) is 35.2. The zero-order valence-electron chi connectivity index (χ0n) is 12.7. The van der Waals surface area contributed by atoms with Crippen molar-refractivity contribution in [1.29, 1.82) is 0 Å².